The maximum atomic E-state index is 9.09. The monoisotopic (exact) mass is 271 g/mol. The van der Waals surface area contributed by atoms with Gasteiger partial charge in [0, 0.05) is 5.69 Å². The largest absolute Gasteiger partial charge is 0.345 e. The van der Waals surface area contributed by atoms with E-state index >= 15 is 0 Å². The van der Waals surface area contributed by atoms with E-state index in [1.165, 1.54) is 17.1 Å². The van der Waals surface area contributed by atoms with Crippen molar-refractivity contribution < 1.29 is 0 Å². The van der Waals surface area contributed by atoms with Crippen molar-refractivity contribution in [1.82, 2.24) is 4.37 Å². The van der Waals surface area contributed by atoms with Crippen LogP contribution in [0.4, 0.5) is 10.7 Å². The van der Waals surface area contributed by atoms with Crippen molar-refractivity contribution in [2.24, 2.45) is 0 Å². The summed E-state index contributed by atoms with van der Waals surface area (Å²) in [5.41, 5.74) is 3.83. The van der Waals surface area contributed by atoms with Crippen LogP contribution >= 0.6 is 11.5 Å². The molecule has 4 heteroatoms. The van der Waals surface area contributed by atoms with Gasteiger partial charge in [0.1, 0.15) is 16.6 Å². The summed E-state index contributed by atoms with van der Waals surface area (Å²) >= 11 is 1.32. The molecule has 1 heterocycles. The fourth-order valence-corrected chi connectivity index (χ4v) is 2.54. The van der Waals surface area contributed by atoms with E-state index in [1.807, 2.05) is 19.1 Å². The fourth-order valence-electron chi connectivity index (χ4n) is 1.77. The molecule has 1 N–H and O–H groups in total. The van der Waals surface area contributed by atoms with Gasteiger partial charge in [0.2, 0.25) is 0 Å². The maximum Gasteiger partial charge on any atom is 0.132 e. The van der Waals surface area contributed by atoms with Crippen LogP contribution in [0.15, 0.2) is 24.3 Å². The first-order chi connectivity index (χ1) is 8.91. The highest BCUT2D eigenvalue weighted by Gasteiger charge is 2.14. The Morgan fingerprint density at radius 1 is 1.21 bits per heavy atom. The lowest BCUT2D eigenvalue weighted by molar-refractivity contribution is 0.590. The molecule has 0 aliphatic rings. The molecule has 0 aliphatic heterocycles. The Bertz CT molecular complexity index is 612. The Hall–Kier alpha value is -1.86. The van der Waals surface area contributed by atoms with Crippen molar-refractivity contribution >= 4 is 22.2 Å². The topological polar surface area (TPSA) is 48.7 Å². The van der Waals surface area contributed by atoms with Gasteiger partial charge in [-0.05, 0) is 41.6 Å². The van der Waals surface area contributed by atoms with Crippen molar-refractivity contribution in [3.05, 3.63) is 41.1 Å². The number of nitrogens with one attached hydrogen (secondary N) is 1. The van der Waals surface area contributed by atoms with E-state index < -0.39 is 0 Å². The molecule has 2 aromatic rings. The average Bonchev–Trinajstić information content (AvgIpc) is 2.69. The van der Waals surface area contributed by atoms with Gasteiger partial charge < -0.3 is 5.32 Å². The van der Waals surface area contributed by atoms with E-state index in [0.29, 0.717) is 5.56 Å². The molecule has 0 fully saturated rings. The molecule has 1 aromatic carbocycles. The number of anilines is 2. The standard InChI is InChI=1S/C15H17N3S/c1-10-13(9-16)14(19-18-10)17-12-7-5-11(6-8-12)15(2,3)4/h5-8,17H,1-4H3. The molecule has 1 aromatic heterocycles. The summed E-state index contributed by atoms with van der Waals surface area (Å²) in [6.45, 7) is 8.42. The lowest BCUT2D eigenvalue weighted by atomic mass is 9.87. The first-order valence-corrected chi connectivity index (χ1v) is 6.93. The molecule has 0 amide bonds. The van der Waals surface area contributed by atoms with Crippen molar-refractivity contribution in [2.75, 3.05) is 5.32 Å². The van der Waals surface area contributed by atoms with Crippen LogP contribution in [-0.2, 0) is 5.41 Å². The number of benzene rings is 1. The van der Waals surface area contributed by atoms with E-state index in [1.54, 1.807) is 0 Å². The summed E-state index contributed by atoms with van der Waals surface area (Å²) in [6.07, 6.45) is 0. The zero-order valence-corrected chi connectivity index (χ0v) is 12.4. The van der Waals surface area contributed by atoms with E-state index in [2.05, 4.69) is 48.7 Å². The van der Waals surface area contributed by atoms with Gasteiger partial charge in [-0.2, -0.15) is 9.64 Å². The van der Waals surface area contributed by atoms with Crippen LogP contribution in [0.25, 0.3) is 0 Å². The third kappa shape index (κ3) is 2.94. The highest BCUT2D eigenvalue weighted by atomic mass is 32.1. The molecule has 98 valence electrons. The number of aromatic nitrogens is 1. The lowest BCUT2D eigenvalue weighted by Crippen LogP contribution is -2.10. The van der Waals surface area contributed by atoms with Crippen molar-refractivity contribution in [1.29, 1.82) is 5.26 Å². The summed E-state index contributed by atoms with van der Waals surface area (Å²) in [7, 11) is 0. The molecule has 2 rings (SSSR count). The predicted molar refractivity (Wildman–Crippen MR) is 80.0 cm³/mol. The van der Waals surface area contributed by atoms with E-state index in [9.17, 15) is 0 Å². The van der Waals surface area contributed by atoms with E-state index in [4.69, 9.17) is 5.26 Å². The summed E-state index contributed by atoms with van der Waals surface area (Å²) in [5, 5.41) is 13.2. The van der Waals surface area contributed by atoms with Crippen molar-refractivity contribution in [3.8, 4) is 6.07 Å². The van der Waals surface area contributed by atoms with Crippen molar-refractivity contribution in [3.63, 3.8) is 0 Å². The predicted octanol–water partition coefficient (Wildman–Crippen LogP) is 4.36. The van der Waals surface area contributed by atoms with Crippen LogP contribution in [0.3, 0.4) is 0 Å². The molecule has 3 nitrogen and oxygen atoms in total. The van der Waals surface area contributed by atoms with Gasteiger partial charge in [-0.15, -0.1) is 0 Å². The molecule has 0 saturated carbocycles. The van der Waals surface area contributed by atoms with E-state index in [-0.39, 0.29) is 5.41 Å². The van der Waals surface area contributed by atoms with Gasteiger partial charge in [-0.1, -0.05) is 32.9 Å². The summed E-state index contributed by atoms with van der Waals surface area (Å²) in [5.74, 6) is 0. The minimum atomic E-state index is 0.150. The normalized spacial score (nSPS) is 11.1. The highest BCUT2D eigenvalue weighted by Crippen LogP contribution is 2.29. The highest BCUT2D eigenvalue weighted by molar-refractivity contribution is 7.10. The number of nitrogens with zero attached hydrogens (tertiary/aromatic N) is 2. The Morgan fingerprint density at radius 3 is 2.37 bits per heavy atom. The third-order valence-electron chi connectivity index (χ3n) is 2.98. The van der Waals surface area contributed by atoms with Gasteiger partial charge in [-0.25, -0.2) is 0 Å². The minimum absolute atomic E-state index is 0.150. The zero-order valence-electron chi connectivity index (χ0n) is 11.6. The zero-order chi connectivity index (χ0) is 14.0. The first-order valence-electron chi connectivity index (χ1n) is 6.16. The van der Waals surface area contributed by atoms with Gasteiger partial charge in [0.25, 0.3) is 0 Å². The van der Waals surface area contributed by atoms with Crippen LogP contribution in [0.2, 0.25) is 0 Å². The second-order valence-corrected chi connectivity index (χ2v) is 6.31. The molecular weight excluding hydrogens is 254 g/mol. The van der Waals surface area contributed by atoms with Crippen molar-refractivity contribution in [2.45, 2.75) is 33.1 Å². The van der Waals surface area contributed by atoms with E-state index in [0.717, 1.165) is 16.4 Å². The molecule has 0 atom stereocenters. The summed E-state index contributed by atoms with van der Waals surface area (Å²) < 4.78 is 4.20. The van der Waals surface area contributed by atoms with Crippen LogP contribution in [0, 0.1) is 18.3 Å². The van der Waals surface area contributed by atoms with Crippen LogP contribution in [0.5, 0.6) is 0 Å². The molecule has 0 saturated heterocycles. The smallest absolute Gasteiger partial charge is 0.132 e. The summed E-state index contributed by atoms with van der Waals surface area (Å²) in [6, 6.07) is 10.5. The third-order valence-corrected chi connectivity index (χ3v) is 3.84. The van der Waals surface area contributed by atoms with Crippen LogP contribution < -0.4 is 5.32 Å². The average molecular weight is 271 g/mol. The van der Waals surface area contributed by atoms with Crippen LogP contribution in [-0.4, -0.2) is 4.37 Å². The molecule has 0 aliphatic carbocycles. The molecular formula is C15H17N3S. The number of hydrogen-bond donors (Lipinski definition) is 1. The minimum Gasteiger partial charge on any atom is -0.345 e. The second-order valence-electron chi connectivity index (χ2n) is 5.54. The Kier molecular flexibility index (Phi) is 3.59. The second kappa shape index (κ2) is 5.02. The number of nitriles is 1. The first kappa shape index (κ1) is 13.6. The Morgan fingerprint density at radius 2 is 1.84 bits per heavy atom. The Balaban J connectivity index is 2.23. The number of aryl methyl sites for hydroxylation is 1. The van der Waals surface area contributed by atoms with Gasteiger partial charge in [-0.3, -0.25) is 0 Å². The number of hydrogen-bond acceptors (Lipinski definition) is 4. The lowest BCUT2D eigenvalue weighted by Gasteiger charge is -2.19. The molecule has 0 unspecified atom stereocenters. The quantitative estimate of drug-likeness (QED) is 0.882. The van der Waals surface area contributed by atoms with Gasteiger partial charge in [0.05, 0.1) is 5.69 Å². The Labute approximate surface area is 118 Å². The van der Waals surface area contributed by atoms with Crippen LogP contribution in [0.1, 0.15) is 37.6 Å². The molecule has 0 bridgehead atoms. The molecule has 0 spiro atoms. The SMILES string of the molecule is Cc1nsc(Nc2ccc(C(C)(C)C)cc2)c1C#N. The van der Waals surface area contributed by atoms with Gasteiger partial charge >= 0.3 is 0 Å². The maximum absolute atomic E-state index is 9.09. The fraction of sp³-hybridized carbons (Fsp3) is 0.333. The molecule has 0 radical (unpaired) electrons. The van der Waals surface area contributed by atoms with Gasteiger partial charge in [0.15, 0.2) is 0 Å². The number of rotatable bonds is 2. The molecule has 19 heavy (non-hydrogen) atoms. The summed E-state index contributed by atoms with van der Waals surface area (Å²) in [4.78, 5) is 0.